The first-order valence-corrected chi connectivity index (χ1v) is 9.07. The van der Waals surface area contributed by atoms with Gasteiger partial charge in [-0.1, -0.05) is 0 Å². The third-order valence-electron chi connectivity index (χ3n) is 4.44. The monoisotopic (exact) mass is 337 g/mol. The summed E-state index contributed by atoms with van der Waals surface area (Å²) in [4.78, 5) is 33.0. The molecule has 7 heteroatoms. The van der Waals surface area contributed by atoms with E-state index < -0.39 is 0 Å². The van der Waals surface area contributed by atoms with E-state index in [4.69, 9.17) is 4.74 Å². The number of amides is 2. The molecule has 23 heavy (non-hydrogen) atoms. The second-order valence-electron chi connectivity index (χ2n) is 6.15. The highest BCUT2D eigenvalue weighted by Gasteiger charge is 2.29. The van der Waals surface area contributed by atoms with Crippen LogP contribution in [0.1, 0.15) is 23.5 Å². The number of carbonyl (C=O) groups excluding carboxylic acids is 2. The first-order valence-electron chi connectivity index (χ1n) is 8.19. The molecule has 2 aliphatic rings. The number of carbonyl (C=O) groups is 2. The fourth-order valence-electron chi connectivity index (χ4n) is 3.13. The summed E-state index contributed by atoms with van der Waals surface area (Å²) in [6.07, 6.45) is 2.01. The van der Waals surface area contributed by atoms with Gasteiger partial charge in [0.1, 0.15) is 0 Å². The van der Waals surface area contributed by atoms with Crippen molar-refractivity contribution in [1.29, 1.82) is 0 Å². The predicted molar refractivity (Wildman–Crippen MR) is 87.3 cm³/mol. The maximum Gasteiger partial charge on any atom is 0.228 e. The molecule has 1 unspecified atom stereocenters. The Morgan fingerprint density at radius 2 is 2.09 bits per heavy atom. The zero-order valence-electron chi connectivity index (χ0n) is 13.5. The lowest BCUT2D eigenvalue weighted by atomic mass is 10.1. The quantitative estimate of drug-likeness (QED) is 0.828. The minimum Gasteiger partial charge on any atom is -0.381 e. The second kappa shape index (κ2) is 7.40. The standard InChI is InChI=1S/C16H23N3O3S/c1-12-17-14(11-23-12)9-15(20)18-4-2-5-19(7-6-18)16(21)13-3-8-22-10-13/h11,13H,2-10H2,1H3. The number of ether oxygens (including phenoxy) is 1. The lowest BCUT2D eigenvalue weighted by molar-refractivity contribution is -0.136. The smallest absolute Gasteiger partial charge is 0.228 e. The summed E-state index contributed by atoms with van der Waals surface area (Å²) in [7, 11) is 0. The van der Waals surface area contributed by atoms with Crippen LogP contribution in [0.25, 0.3) is 0 Å². The van der Waals surface area contributed by atoms with Crippen LogP contribution in [0.3, 0.4) is 0 Å². The highest BCUT2D eigenvalue weighted by molar-refractivity contribution is 7.09. The van der Waals surface area contributed by atoms with Crippen molar-refractivity contribution in [2.75, 3.05) is 39.4 Å². The van der Waals surface area contributed by atoms with Crippen LogP contribution in [0.15, 0.2) is 5.38 Å². The van der Waals surface area contributed by atoms with Gasteiger partial charge in [0.05, 0.1) is 29.6 Å². The topological polar surface area (TPSA) is 62.7 Å². The van der Waals surface area contributed by atoms with Crippen molar-refractivity contribution in [2.45, 2.75) is 26.2 Å². The van der Waals surface area contributed by atoms with Gasteiger partial charge >= 0.3 is 0 Å². The summed E-state index contributed by atoms with van der Waals surface area (Å²) < 4.78 is 5.31. The molecule has 0 spiro atoms. The Balaban J connectivity index is 1.53. The van der Waals surface area contributed by atoms with Crippen molar-refractivity contribution in [3.8, 4) is 0 Å². The Morgan fingerprint density at radius 3 is 2.78 bits per heavy atom. The SMILES string of the molecule is Cc1nc(CC(=O)N2CCCN(C(=O)C3CCOC3)CC2)cs1. The van der Waals surface area contributed by atoms with Crippen molar-refractivity contribution in [3.63, 3.8) is 0 Å². The van der Waals surface area contributed by atoms with Gasteiger partial charge in [-0.2, -0.15) is 0 Å². The third kappa shape index (κ3) is 4.09. The van der Waals surface area contributed by atoms with Gasteiger partial charge in [-0.15, -0.1) is 11.3 Å². The Bertz CT molecular complexity index is 569. The molecule has 0 aliphatic carbocycles. The van der Waals surface area contributed by atoms with Gasteiger partial charge < -0.3 is 14.5 Å². The fraction of sp³-hybridized carbons (Fsp3) is 0.688. The molecule has 1 aromatic heterocycles. The highest BCUT2D eigenvalue weighted by atomic mass is 32.1. The predicted octanol–water partition coefficient (Wildman–Crippen LogP) is 1.09. The average Bonchev–Trinajstić information content (AvgIpc) is 3.13. The Labute approximate surface area is 140 Å². The zero-order valence-corrected chi connectivity index (χ0v) is 14.3. The van der Waals surface area contributed by atoms with Crippen LogP contribution in [-0.4, -0.2) is 66.0 Å². The molecule has 0 radical (unpaired) electrons. The first kappa shape index (κ1) is 16.4. The van der Waals surface area contributed by atoms with Crippen molar-refractivity contribution in [3.05, 3.63) is 16.1 Å². The summed E-state index contributed by atoms with van der Waals surface area (Å²) in [5.74, 6) is 0.302. The zero-order chi connectivity index (χ0) is 16.2. The molecule has 3 rings (SSSR count). The van der Waals surface area contributed by atoms with Crippen LogP contribution in [0.5, 0.6) is 0 Å². The van der Waals surface area contributed by atoms with E-state index in [-0.39, 0.29) is 17.7 Å². The van der Waals surface area contributed by atoms with Gasteiger partial charge in [0.15, 0.2) is 0 Å². The van der Waals surface area contributed by atoms with Gasteiger partial charge in [0.2, 0.25) is 11.8 Å². The molecule has 3 heterocycles. The van der Waals surface area contributed by atoms with E-state index in [2.05, 4.69) is 4.98 Å². The number of aryl methyl sites for hydroxylation is 1. The van der Waals surface area contributed by atoms with E-state index in [1.807, 2.05) is 22.1 Å². The number of aromatic nitrogens is 1. The first-order chi connectivity index (χ1) is 11.1. The molecular weight excluding hydrogens is 314 g/mol. The van der Waals surface area contributed by atoms with Crippen molar-refractivity contribution in [1.82, 2.24) is 14.8 Å². The molecule has 0 N–H and O–H groups in total. The fourth-order valence-corrected chi connectivity index (χ4v) is 3.74. The van der Waals surface area contributed by atoms with Gasteiger partial charge in [0, 0.05) is 38.2 Å². The number of nitrogens with zero attached hydrogens (tertiary/aromatic N) is 3. The molecule has 2 aliphatic heterocycles. The number of hydrogen-bond acceptors (Lipinski definition) is 5. The van der Waals surface area contributed by atoms with Crippen LogP contribution in [-0.2, 0) is 20.7 Å². The molecular formula is C16H23N3O3S. The van der Waals surface area contributed by atoms with Crippen LogP contribution in [0.2, 0.25) is 0 Å². The molecule has 2 saturated heterocycles. The minimum absolute atomic E-state index is 0.00948. The molecule has 2 amide bonds. The molecule has 2 fully saturated rings. The molecule has 1 atom stereocenters. The lowest BCUT2D eigenvalue weighted by Crippen LogP contribution is -2.40. The lowest BCUT2D eigenvalue weighted by Gasteiger charge is -2.24. The number of hydrogen-bond donors (Lipinski definition) is 0. The van der Waals surface area contributed by atoms with Gasteiger partial charge in [0.25, 0.3) is 0 Å². The van der Waals surface area contributed by atoms with Crippen molar-refractivity contribution < 1.29 is 14.3 Å². The Morgan fingerprint density at radius 1 is 1.30 bits per heavy atom. The number of thiazole rings is 1. The normalized spacial score (nSPS) is 22.2. The van der Waals surface area contributed by atoms with E-state index in [1.54, 1.807) is 11.3 Å². The number of rotatable bonds is 3. The average molecular weight is 337 g/mol. The van der Waals surface area contributed by atoms with E-state index in [1.165, 1.54) is 0 Å². The van der Waals surface area contributed by atoms with E-state index in [0.29, 0.717) is 39.3 Å². The molecule has 126 valence electrons. The van der Waals surface area contributed by atoms with Crippen molar-refractivity contribution in [2.24, 2.45) is 5.92 Å². The summed E-state index contributed by atoms with van der Waals surface area (Å²) in [6.45, 7) is 5.85. The Hall–Kier alpha value is -1.47. The summed E-state index contributed by atoms with van der Waals surface area (Å²) in [5, 5.41) is 2.93. The summed E-state index contributed by atoms with van der Waals surface area (Å²) in [5.41, 5.74) is 0.845. The third-order valence-corrected chi connectivity index (χ3v) is 5.26. The molecule has 6 nitrogen and oxygen atoms in total. The van der Waals surface area contributed by atoms with Crippen molar-refractivity contribution >= 4 is 23.2 Å². The summed E-state index contributed by atoms with van der Waals surface area (Å²) >= 11 is 1.57. The Kier molecular flexibility index (Phi) is 5.27. The van der Waals surface area contributed by atoms with Crippen LogP contribution in [0, 0.1) is 12.8 Å². The maximum atomic E-state index is 12.5. The molecule has 0 bridgehead atoms. The van der Waals surface area contributed by atoms with E-state index in [0.717, 1.165) is 30.1 Å². The largest absolute Gasteiger partial charge is 0.381 e. The van der Waals surface area contributed by atoms with Crippen LogP contribution < -0.4 is 0 Å². The van der Waals surface area contributed by atoms with E-state index >= 15 is 0 Å². The highest BCUT2D eigenvalue weighted by Crippen LogP contribution is 2.17. The van der Waals surface area contributed by atoms with Crippen LogP contribution in [0.4, 0.5) is 0 Å². The van der Waals surface area contributed by atoms with E-state index in [9.17, 15) is 9.59 Å². The summed E-state index contributed by atoms with van der Waals surface area (Å²) in [6, 6.07) is 0. The molecule has 0 saturated carbocycles. The minimum atomic E-state index is 0.00948. The van der Waals surface area contributed by atoms with Crippen LogP contribution >= 0.6 is 11.3 Å². The van der Waals surface area contributed by atoms with Gasteiger partial charge in [-0.3, -0.25) is 9.59 Å². The molecule has 0 aromatic carbocycles. The second-order valence-corrected chi connectivity index (χ2v) is 7.22. The maximum absolute atomic E-state index is 12.5. The van der Waals surface area contributed by atoms with Gasteiger partial charge in [-0.25, -0.2) is 4.98 Å². The van der Waals surface area contributed by atoms with Gasteiger partial charge in [-0.05, 0) is 19.8 Å². The molecule has 1 aromatic rings.